The summed E-state index contributed by atoms with van der Waals surface area (Å²) in [5, 5.41) is 0. The Kier molecular flexibility index (Phi) is 6.59. The van der Waals surface area contributed by atoms with Crippen LogP contribution in [-0.2, 0) is 14.3 Å². The van der Waals surface area contributed by atoms with Crippen molar-refractivity contribution in [1.82, 2.24) is 9.80 Å². The average molecular weight is 429 g/mol. The molecule has 0 bridgehead atoms. The normalized spacial score (nSPS) is 20.0. The maximum absolute atomic E-state index is 13.1. The van der Waals surface area contributed by atoms with Crippen LogP contribution < -0.4 is 0 Å². The first-order valence-electron chi connectivity index (χ1n) is 10.3. The van der Waals surface area contributed by atoms with Gasteiger partial charge in [-0.1, -0.05) is 12.1 Å². The Morgan fingerprint density at radius 2 is 1.80 bits per heavy atom. The van der Waals surface area contributed by atoms with Crippen LogP contribution in [0.1, 0.15) is 17.7 Å². The van der Waals surface area contributed by atoms with Crippen LogP contribution in [0.3, 0.4) is 0 Å². The van der Waals surface area contributed by atoms with E-state index >= 15 is 0 Å². The van der Waals surface area contributed by atoms with Crippen LogP contribution in [0.15, 0.2) is 42.5 Å². The van der Waals surface area contributed by atoms with Crippen LogP contribution in [-0.4, -0.2) is 61.0 Å². The Morgan fingerprint density at radius 3 is 2.57 bits per heavy atom. The monoisotopic (exact) mass is 428 g/mol. The predicted octanol–water partition coefficient (Wildman–Crippen LogP) is 3.66. The fourth-order valence-electron chi connectivity index (χ4n) is 3.89. The van der Waals surface area contributed by atoms with Crippen molar-refractivity contribution in [2.75, 3.05) is 39.4 Å². The topological polar surface area (TPSA) is 49.9 Å². The van der Waals surface area contributed by atoms with Gasteiger partial charge in [0.2, 0.25) is 11.8 Å². The number of carbonyl (C=O) groups is 2. The van der Waals surface area contributed by atoms with Gasteiger partial charge in [-0.3, -0.25) is 9.59 Å². The van der Waals surface area contributed by atoms with E-state index < -0.39 is 0 Å². The van der Waals surface area contributed by atoms with Gasteiger partial charge in [-0.2, -0.15) is 0 Å². The first-order chi connectivity index (χ1) is 14.6. The number of nitrogens with zero attached hydrogens (tertiary/aromatic N) is 2. The molecule has 2 fully saturated rings. The quantitative estimate of drug-likeness (QED) is 0.699. The summed E-state index contributed by atoms with van der Waals surface area (Å²) >= 11 is 1.55. The number of halogens is 1. The molecule has 1 atom stereocenters. The summed E-state index contributed by atoms with van der Waals surface area (Å²) in [6.45, 7) is 3.61. The third-order valence-electron chi connectivity index (χ3n) is 5.55. The Labute approximate surface area is 179 Å². The summed E-state index contributed by atoms with van der Waals surface area (Å²) in [7, 11) is 0. The van der Waals surface area contributed by atoms with Gasteiger partial charge in [0.25, 0.3) is 0 Å². The fraction of sp³-hybridized carbons (Fsp3) is 0.391. The molecule has 2 aliphatic heterocycles. The molecule has 7 heteroatoms. The molecule has 158 valence electrons. The number of amides is 2. The average Bonchev–Trinajstić information content (AvgIpc) is 3.27. The first-order valence-corrected chi connectivity index (χ1v) is 11.1. The van der Waals surface area contributed by atoms with E-state index in [-0.39, 0.29) is 23.5 Å². The summed E-state index contributed by atoms with van der Waals surface area (Å²) in [6, 6.07) is 10.3. The van der Waals surface area contributed by atoms with Crippen LogP contribution in [0.2, 0.25) is 0 Å². The van der Waals surface area contributed by atoms with Gasteiger partial charge in [0.05, 0.1) is 19.1 Å². The van der Waals surface area contributed by atoms with Crippen LogP contribution >= 0.6 is 11.3 Å². The number of piperidine rings is 1. The number of hydrogen-bond acceptors (Lipinski definition) is 4. The van der Waals surface area contributed by atoms with Gasteiger partial charge < -0.3 is 14.5 Å². The molecular formula is C23H25FN2O3S. The highest BCUT2D eigenvalue weighted by atomic mass is 32.1. The molecule has 5 nitrogen and oxygen atoms in total. The van der Waals surface area contributed by atoms with E-state index in [0.717, 1.165) is 28.2 Å². The number of morpholine rings is 1. The summed E-state index contributed by atoms with van der Waals surface area (Å²) in [6.07, 6.45) is 5.07. The van der Waals surface area contributed by atoms with Crippen molar-refractivity contribution in [1.29, 1.82) is 0 Å². The summed E-state index contributed by atoms with van der Waals surface area (Å²) < 4.78 is 18.4. The van der Waals surface area contributed by atoms with Crippen LogP contribution in [0.4, 0.5) is 4.39 Å². The molecule has 4 rings (SSSR count). The van der Waals surface area contributed by atoms with E-state index in [1.165, 1.54) is 12.1 Å². The van der Waals surface area contributed by atoms with Crippen molar-refractivity contribution in [2.24, 2.45) is 5.92 Å². The zero-order valence-electron chi connectivity index (χ0n) is 16.8. The Bertz CT molecular complexity index is 919. The van der Waals surface area contributed by atoms with E-state index in [2.05, 4.69) is 0 Å². The molecule has 2 aromatic rings. The maximum atomic E-state index is 13.1. The first kappa shape index (κ1) is 20.8. The second-order valence-electron chi connectivity index (χ2n) is 7.60. The van der Waals surface area contributed by atoms with Gasteiger partial charge in [-0.15, -0.1) is 11.3 Å². The molecule has 0 N–H and O–H groups in total. The second kappa shape index (κ2) is 9.53. The van der Waals surface area contributed by atoms with Gasteiger partial charge >= 0.3 is 0 Å². The number of thiophene rings is 1. The van der Waals surface area contributed by atoms with Crippen molar-refractivity contribution in [3.63, 3.8) is 0 Å². The minimum absolute atomic E-state index is 0.0637. The van der Waals surface area contributed by atoms with E-state index in [1.807, 2.05) is 23.1 Å². The maximum Gasteiger partial charge on any atom is 0.246 e. The van der Waals surface area contributed by atoms with E-state index in [4.69, 9.17) is 4.74 Å². The lowest BCUT2D eigenvalue weighted by Gasteiger charge is -2.35. The molecule has 0 saturated carbocycles. The molecule has 0 spiro atoms. The van der Waals surface area contributed by atoms with Gasteiger partial charge in [0.1, 0.15) is 5.82 Å². The lowest BCUT2D eigenvalue weighted by Crippen LogP contribution is -2.49. The summed E-state index contributed by atoms with van der Waals surface area (Å²) in [4.78, 5) is 31.1. The minimum Gasteiger partial charge on any atom is -0.378 e. The van der Waals surface area contributed by atoms with Crippen LogP contribution in [0.5, 0.6) is 0 Å². The predicted molar refractivity (Wildman–Crippen MR) is 115 cm³/mol. The summed E-state index contributed by atoms with van der Waals surface area (Å²) in [5.41, 5.74) is 0.952. The number of ether oxygens (including phenoxy) is 1. The highest BCUT2D eigenvalue weighted by molar-refractivity contribution is 7.16. The smallest absolute Gasteiger partial charge is 0.246 e. The molecule has 3 heterocycles. The molecule has 1 aromatic carbocycles. The molecule has 2 aliphatic rings. The Hall–Kier alpha value is -2.51. The van der Waals surface area contributed by atoms with Gasteiger partial charge in [-0.25, -0.2) is 4.39 Å². The highest BCUT2D eigenvalue weighted by Gasteiger charge is 2.31. The van der Waals surface area contributed by atoms with Crippen LogP contribution in [0.25, 0.3) is 16.5 Å². The molecule has 1 unspecified atom stereocenters. The lowest BCUT2D eigenvalue weighted by atomic mass is 9.96. The molecule has 2 saturated heterocycles. The number of benzene rings is 1. The Balaban J connectivity index is 1.35. The van der Waals surface area contributed by atoms with Crippen molar-refractivity contribution >= 4 is 29.2 Å². The Morgan fingerprint density at radius 1 is 1.03 bits per heavy atom. The third-order valence-corrected chi connectivity index (χ3v) is 6.65. The summed E-state index contributed by atoms with van der Waals surface area (Å²) in [5.74, 6) is -0.304. The van der Waals surface area contributed by atoms with Gasteiger partial charge in [0, 0.05) is 42.0 Å². The van der Waals surface area contributed by atoms with Crippen molar-refractivity contribution in [3.8, 4) is 10.4 Å². The number of likely N-dealkylation sites (tertiary alicyclic amines) is 1. The highest BCUT2D eigenvalue weighted by Crippen LogP contribution is 2.29. The zero-order chi connectivity index (χ0) is 20.9. The number of hydrogen-bond donors (Lipinski definition) is 0. The van der Waals surface area contributed by atoms with Crippen molar-refractivity contribution in [3.05, 3.63) is 53.2 Å². The molecule has 1 aromatic heterocycles. The van der Waals surface area contributed by atoms with E-state index in [1.54, 1.807) is 34.4 Å². The zero-order valence-corrected chi connectivity index (χ0v) is 17.6. The number of rotatable bonds is 4. The molecular weight excluding hydrogens is 403 g/mol. The third kappa shape index (κ3) is 4.96. The minimum atomic E-state index is -0.257. The van der Waals surface area contributed by atoms with E-state index in [0.29, 0.717) is 39.4 Å². The molecule has 0 aliphatic carbocycles. The van der Waals surface area contributed by atoms with Crippen molar-refractivity contribution < 1.29 is 18.7 Å². The lowest BCUT2D eigenvalue weighted by molar-refractivity contribution is -0.143. The van der Waals surface area contributed by atoms with E-state index in [9.17, 15) is 14.0 Å². The van der Waals surface area contributed by atoms with Gasteiger partial charge in [-0.05, 0) is 48.7 Å². The SMILES string of the molecule is O=C(/C=C/c1ccc(-c2ccc(F)cc2)s1)N1CCCC(C(=O)N2CCOCC2)C1. The van der Waals surface area contributed by atoms with Crippen molar-refractivity contribution in [2.45, 2.75) is 12.8 Å². The largest absolute Gasteiger partial charge is 0.378 e. The molecule has 2 amide bonds. The van der Waals surface area contributed by atoms with Gasteiger partial charge in [0.15, 0.2) is 0 Å². The number of carbonyl (C=O) groups excluding carboxylic acids is 2. The second-order valence-corrected chi connectivity index (χ2v) is 8.72. The molecule has 0 radical (unpaired) electrons. The standard InChI is InChI=1S/C23H25FN2O3S/c24-19-5-3-17(4-6-19)21-9-7-20(30-21)8-10-22(27)26-11-1-2-18(16-26)23(28)25-12-14-29-15-13-25/h3-10,18H,1-2,11-16H2/b10-8+. The van der Waals surface area contributed by atoms with Crippen LogP contribution in [0, 0.1) is 11.7 Å². The molecule has 30 heavy (non-hydrogen) atoms. The fourth-order valence-corrected chi connectivity index (χ4v) is 4.81.